The van der Waals surface area contributed by atoms with Gasteiger partial charge in [0.25, 0.3) is 0 Å². The summed E-state index contributed by atoms with van der Waals surface area (Å²) in [6.45, 7) is 7.67. The zero-order valence-corrected chi connectivity index (χ0v) is 40.7. The second-order valence-corrected chi connectivity index (χ2v) is 19.0. The highest BCUT2D eigenvalue weighted by atomic mass is 16.8. The van der Waals surface area contributed by atoms with E-state index >= 15 is 4.79 Å². The summed E-state index contributed by atoms with van der Waals surface area (Å²) in [5, 5.41) is 34.7. The summed E-state index contributed by atoms with van der Waals surface area (Å²) in [5.41, 5.74) is 3.08. The molecule has 376 valence electrons. The predicted octanol–water partition coefficient (Wildman–Crippen LogP) is 10.2. The Morgan fingerprint density at radius 1 is 0.897 bits per heavy atom. The predicted molar refractivity (Wildman–Crippen MR) is 263 cm³/mol. The standard InChI is InChI=1S/C55H80N2O11/c1-3-5-6-7-8-9-10-11-12-24-51(62)57(28-34-63-35-31-60)50-39-48(56-68-52-25-15-18-33-64-52)46-37-42(21-13-16-29-58)45(23-14-17-30-59)53-47-38-44(66-43-22-19-20-41(36-43)40-61)26-27-49(47)67-55(50,54(46)53)65-32-4-2/h4,19-20,22,26-27,36-38,40,42,45,50,52-54,58-60H,2-3,5-18,21,23-25,28-35,39H2,1H3/t42-,45+,50-,52?,53+,54+,55+/m0/s1. The molecule has 2 fully saturated rings. The van der Waals surface area contributed by atoms with Crippen molar-refractivity contribution in [3.63, 3.8) is 0 Å². The quantitative estimate of drug-likeness (QED) is 0.0277. The average Bonchev–Trinajstić information content (AvgIpc) is 3.36. The number of hydrogen-bond donors (Lipinski definition) is 3. The lowest BCUT2D eigenvalue weighted by molar-refractivity contribution is -0.258. The van der Waals surface area contributed by atoms with Gasteiger partial charge in [-0.1, -0.05) is 101 Å². The Labute approximate surface area is 405 Å². The van der Waals surface area contributed by atoms with Crippen molar-refractivity contribution < 1.29 is 53.4 Å². The van der Waals surface area contributed by atoms with Crippen molar-refractivity contribution in [2.24, 2.45) is 22.9 Å². The minimum Gasteiger partial charge on any atom is -0.459 e. The maximum absolute atomic E-state index is 15.0. The number of carbonyl (C=O) groups is 2. The summed E-state index contributed by atoms with van der Waals surface area (Å²) in [5.74, 6) is -0.386. The van der Waals surface area contributed by atoms with Gasteiger partial charge in [0, 0.05) is 56.1 Å². The van der Waals surface area contributed by atoms with Gasteiger partial charge in [0.05, 0.1) is 44.7 Å². The van der Waals surface area contributed by atoms with Gasteiger partial charge in [-0.15, -0.1) is 6.58 Å². The molecule has 13 nitrogen and oxygen atoms in total. The van der Waals surface area contributed by atoms with E-state index in [0.717, 1.165) is 88.1 Å². The normalized spacial score (nSPS) is 24.6. The third kappa shape index (κ3) is 14.3. The smallest absolute Gasteiger partial charge is 0.239 e. The number of amides is 1. The van der Waals surface area contributed by atoms with Crippen molar-refractivity contribution in [3.05, 3.63) is 77.9 Å². The molecular formula is C55H80N2O11. The summed E-state index contributed by atoms with van der Waals surface area (Å²) in [6.07, 6.45) is 22.3. The number of aliphatic hydroxyl groups excluding tert-OH is 3. The van der Waals surface area contributed by atoms with Gasteiger partial charge < -0.3 is 48.7 Å². The Hall–Kier alpha value is -4.11. The van der Waals surface area contributed by atoms with E-state index in [9.17, 15) is 20.1 Å². The number of unbranched alkanes of at least 4 members (excludes halogenated alkanes) is 10. The Balaban J connectivity index is 1.49. The van der Waals surface area contributed by atoms with Crippen LogP contribution in [0.4, 0.5) is 0 Å². The van der Waals surface area contributed by atoms with Crippen LogP contribution in [0.1, 0.15) is 157 Å². The summed E-state index contributed by atoms with van der Waals surface area (Å²) in [6, 6.07) is 12.2. The molecule has 68 heavy (non-hydrogen) atoms. The molecule has 3 N–H and O–H groups in total. The largest absolute Gasteiger partial charge is 0.459 e. The highest BCUT2D eigenvalue weighted by Crippen LogP contribution is 2.62. The van der Waals surface area contributed by atoms with Gasteiger partial charge in [-0.2, -0.15) is 0 Å². The molecule has 1 saturated carbocycles. The number of rotatable bonds is 32. The molecule has 1 saturated heterocycles. The van der Waals surface area contributed by atoms with Crippen LogP contribution in [-0.4, -0.2) is 109 Å². The summed E-state index contributed by atoms with van der Waals surface area (Å²) < 4.78 is 33.0. The number of hydrogen-bond acceptors (Lipinski definition) is 12. The van der Waals surface area contributed by atoms with E-state index in [4.69, 9.17) is 33.7 Å². The molecule has 0 spiro atoms. The van der Waals surface area contributed by atoms with E-state index in [1.165, 1.54) is 32.1 Å². The third-order valence-electron chi connectivity index (χ3n) is 14.2. The summed E-state index contributed by atoms with van der Waals surface area (Å²) in [4.78, 5) is 35.0. The number of benzene rings is 2. The first-order chi connectivity index (χ1) is 33.4. The fourth-order valence-electron chi connectivity index (χ4n) is 10.9. The van der Waals surface area contributed by atoms with E-state index in [1.54, 1.807) is 24.3 Å². The maximum Gasteiger partial charge on any atom is 0.239 e. The Kier molecular flexibility index (Phi) is 22.3. The number of aldehydes is 1. The van der Waals surface area contributed by atoms with Crippen LogP contribution in [0, 0.1) is 17.8 Å². The first-order valence-electron chi connectivity index (χ1n) is 26.0. The van der Waals surface area contributed by atoms with E-state index in [-0.39, 0.29) is 76.3 Å². The van der Waals surface area contributed by atoms with Crippen molar-refractivity contribution in [2.45, 2.75) is 159 Å². The molecule has 4 aliphatic rings. The lowest BCUT2D eigenvalue weighted by Gasteiger charge is -2.60. The van der Waals surface area contributed by atoms with Crippen molar-refractivity contribution in [1.29, 1.82) is 0 Å². The van der Waals surface area contributed by atoms with Gasteiger partial charge >= 0.3 is 0 Å². The molecule has 6 rings (SSSR count). The fraction of sp³-hybridized carbons (Fsp3) is 0.655. The van der Waals surface area contributed by atoms with Crippen molar-refractivity contribution in [1.82, 2.24) is 4.90 Å². The van der Waals surface area contributed by atoms with Crippen LogP contribution in [0.25, 0.3) is 0 Å². The van der Waals surface area contributed by atoms with E-state index in [0.29, 0.717) is 54.4 Å². The van der Waals surface area contributed by atoms with Crippen LogP contribution in [0.2, 0.25) is 0 Å². The van der Waals surface area contributed by atoms with Gasteiger partial charge in [-0.25, -0.2) is 0 Å². The SMILES string of the molecule is C=CCO[C@@]12Oc3ccc(Oc4cccc(C=O)c4)cc3[C@H]3[C@H](CCCCO)[C@@H](CCCCO)C=C(C(=NOC4CCCCO4)C[C@@H]1N(CCOCCO)C(=O)CCCCCCCCCCC)[C@H]32. The minimum absolute atomic E-state index is 0.0265. The van der Waals surface area contributed by atoms with Crippen LogP contribution < -0.4 is 9.47 Å². The molecule has 0 bridgehead atoms. The molecular weight excluding hydrogens is 865 g/mol. The Bertz CT molecular complexity index is 1920. The Morgan fingerprint density at radius 2 is 1.66 bits per heavy atom. The topological polar surface area (TPSA) is 166 Å². The van der Waals surface area contributed by atoms with Gasteiger partial charge in [-0.05, 0) is 92.7 Å². The van der Waals surface area contributed by atoms with E-state index < -0.39 is 24.0 Å². The first kappa shape index (κ1) is 53.2. The molecule has 1 unspecified atom stereocenters. The molecule has 1 amide bonds. The molecule has 0 radical (unpaired) electrons. The number of carbonyl (C=O) groups excluding carboxylic acids is 2. The minimum atomic E-state index is -1.42. The third-order valence-corrected chi connectivity index (χ3v) is 14.2. The number of fused-ring (bicyclic) bond motifs is 2. The van der Waals surface area contributed by atoms with E-state index in [2.05, 4.69) is 19.6 Å². The number of nitrogens with zero attached hydrogens (tertiary/aromatic N) is 2. The average molecular weight is 945 g/mol. The molecule has 2 aliphatic carbocycles. The number of allylic oxidation sites excluding steroid dienone is 1. The molecule has 2 aromatic rings. The molecule has 13 heteroatoms. The van der Waals surface area contributed by atoms with Crippen molar-refractivity contribution in [3.8, 4) is 17.2 Å². The monoisotopic (exact) mass is 945 g/mol. The molecule has 2 aromatic carbocycles. The van der Waals surface area contributed by atoms with E-state index in [1.807, 2.05) is 29.2 Å². The van der Waals surface area contributed by atoms with Crippen molar-refractivity contribution in [2.75, 3.05) is 52.8 Å². The van der Waals surface area contributed by atoms with Crippen LogP contribution in [0.15, 0.2) is 71.9 Å². The highest BCUT2D eigenvalue weighted by Gasteiger charge is 2.65. The Morgan fingerprint density at radius 3 is 2.38 bits per heavy atom. The van der Waals surface area contributed by atoms with Crippen LogP contribution in [-0.2, 0) is 23.8 Å². The summed E-state index contributed by atoms with van der Waals surface area (Å²) in [7, 11) is 0. The van der Waals surface area contributed by atoms with Gasteiger partial charge in [0.15, 0.2) is 0 Å². The lowest BCUT2D eigenvalue weighted by Crippen LogP contribution is -2.70. The van der Waals surface area contributed by atoms with Gasteiger partial charge in [0.2, 0.25) is 18.0 Å². The maximum atomic E-state index is 15.0. The molecule has 2 aliphatic heterocycles. The lowest BCUT2D eigenvalue weighted by atomic mass is 9.55. The van der Waals surface area contributed by atoms with Crippen LogP contribution in [0.3, 0.4) is 0 Å². The van der Waals surface area contributed by atoms with Gasteiger partial charge in [-0.3, -0.25) is 9.59 Å². The first-order valence-corrected chi connectivity index (χ1v) is 26.0. The second kappa shape index (κ2) is 28.5. The van der Waals surface area contributed by atoms with Gasteiger partial charge in [0.1, 0.15) is 29.6 Å². The number of aliphatic hydroxyl groups is 3. The summed E-state index contributed by atoms with van der Waals surface area (Å²) >= 11 is 0. The molecule has 7 atom stereocenters. The number of ether oxygens (including phenoxy) is 5. The zero-order chi connectivity index (χ0) is 48.0. The zero-order valence-electron chi connectivity index (χ0n) is 40.7. The van der Waals surface area contributed by atoms with Crippen LogP contribution >= 0.6 is 0 Å². The fourth-order valence-corrected chi connectivity index (χ4v) is 10.9. The van der Waals surface area contributed by atoms with Crippen molar-refractivity contribution >= 4 is 17.9 Å². The number of oxime groups is 1. The molecule has 2 heterocycles. The second-order valence-electron chi connectivity index (χ2n) is 19.0. The molecule has 0 aromatic heterocycles. The van der Waals surface area contributed by atoms with Crippen LogP contribution in [0.5, 0.6) is 17.2 Å². The highest BCUT2D eigenvalue weighted by molar-refractivity contribution is 6.03.